The van der Waals surface area contributed by atoms with Crippen LogP contribution in [0.4, 0.5) is 10.1 Å². The molecule has 1 N–H and O–H groups in total. The van der Waals surface area contributed by atoms with Gasteiger partial charge in [0.2, 0.25) is 12.1 Å². The Labute approximate surface area is 249 Å². The molecule has 0 spiro atoms. The van der Waals surface area contributed by atoms with E-state index in [2.05, 4.69) is 32.8 Å². The van der Waals surface area contributed by atoms with Gasteiger partial charge in [-0.15, -0.1) is 15.7 Å². The van der Waals surface area contributed by atoms with Crippen molar-refractivity contribution in [2.75, 3.05) is 29.5 Å². The average Bonchev–Trinajstić information content (AvgIpc) is 3.64. The second-order valence-electron chi connectivity index (χ2n) is 11.3. The molecule has 2 unspecified atom stereocenters. The number of nitriles is 2. The zero-order valence-corrected chi connectivity index (χ0v) is 24.7. The molecule has 3 fully saturated rings. The van der Waals surface area contributed by atoms with Crippen molar-refractivity contribution in [3.63, 3.8) is 0 Å². The number of hydrogen-bond donors (Lipinski definition) is 1. The number of thiazole rings is 1. The number of nitrogens with one attached hydrogen (secondary N) is 1. The van der Waals surface area contributed by atoms with Crippen LogP contribution in [0.2, 0.25) is 0 Å². The molecule has 1 aliphatic heterocycles. The first kappa shape index (κ1) is 28.3. The van der Waals surface area contributed by atoms with Crippen LogP contribution in [0, 0.1) is 34.5 Å². The number of anilines is 1. The summed E-state index contributed by atoms with van der Waals surface area (Å²) in [5.74, 6) is -0.0145. The van der Waals surface area contributed by atoms with Gasteiger partial charge >= 0.3 is 0 Å². The second kappa shape index (κ2) is 11.5. The van der Waals surface area contributed by atoms with Gasteiger partial charge in [-0.2, -0.15) is 10.5 Å². The summed E-state index contributed by atoms with van der Waals surface area (Å²) in [6.07, 6.45) is 6.61. The number of halogens is 1. The summed E-state index contributed by atoms with van der Waals surface area (Å²) in [6.45, 7) is 1.12. The minimum Gasteiger partial charge on any atom is -0.370 e. The van der Waals surface area contributed by atoms with E-state index in [9.17, 15) is 18.7 Å². The number of rotatable bonds is 6. The highest BCUT2D eigenvalue weighted by Crippen LogP contribution is 2.46. The molecule has 1 aromatic heterocycles. The SMILES string of the molecule is N#CN=S1(=O)CCN(c2ccc(-c3sc(-c4ccc(F)cc4)nc3C3CCCCC3C(=O)NC3(C#N)CC3)cc2)CC1. The monoisotopic (exact) mass is 602 g/mol. The maximum atomic E-state index is 13.7. The van der Waals surface area contributed by atoms with Gasteiger partial charge in [-0.1, -0.05) is 25.0 Å². The minimum absolute atomic E-state index is 0.0683. The van der Waals surface area contributed by atoms with E-state index in [0.717, 1.165) is 58.1 Å². The van der Waals surface area contributed by atoms with E-state index in [0.29, 0.717) is 37.4 Å². The predicted octanol–water partition coefficient (Wildman–Crippen LogP) is 5.83. The standard InChI is InChI=1S/C31H31FN6O2S2/c32-23-9-5-22(6-10-23)30-36-27(25-3-1-2-4-26(25)29(39)37-31(19-33)13-14-31)28(41-30)21-7-11-24(12-8-21)38-15-17-42(40,18-16-38)35-20-34/h5-12,25-26H,1-4,13-18H2,(H,37,39). The normalized spacial score (nSPS) is 22.4. The van der Waals surface area contributed by atoms with Crippen LogP contribution in [0.3, 0.4) is 0 Å². The van der Waals surface area contributed by atoms with Crippen LogP contribution in [0.25, 0.3) is 21.0 Å². The number of nitrogens with zero attached hydrogens (tertiary/aromatic N) is 5. The van der Waals surface area contributed by atoms with Crippen molar-refractivity contribution in [2.24, 2.45) is 10.3 Å². The number of amides is 1. The number of carbonyl (C=O) groups excluding carboxylic acids is 1. The maximum Gasteiger partial charge on any atom is 0.225 e. The third-order valence-electron chi connectivity index (χ3n) is 8.59. The summed E-state index contributed by atoms with van der Waals surface area (Å²) in [5.41, 5.74) is 2.97. The van der Waals surface area contributed by atoms with E-state index in [1.165, 1.54) is 12.1 Å². The topological polar surface area (TPSA) is 122 Å². The summed E-state index contributed by atoms with van der Waals surface area (Å²) < 4.78 is 30.0. The Morgan fingerprint density at radius 1 is 1.05 bits per heavy atom. The highest BCUT2D eigenvalue weighted by Gasteiger charge is 2.47. The lowest BCUT2D eigenvalue weighted by Crippen LogP contribution is -2.42. The largest absolute Gasteiger partial charge is 0.370 e. The van der Waals surface area contributed by atoms with Crippen LogP contribution >= 0.6 is 11.3 Å². The summed E-state index contributed by atoms with van der Waals surface area (Å²) in [5, 5.41) is 22.2. The molecule has 0 bridgehead atoms. The van der Waals surface area contributed by atoms with Gasteiger partial charge in [0.05, 0.1) is 37.9 Å². The van der Waals surface area contributed by atoms with Crippen molar-refractivity contribution in [3.8, 4) is 33.3 Å². The van der Waals surface area contributed by atoms with Crippen LogP contribution < -0.4 is 10.2 Å². The molecule has 216 valence electrons. The van der Waals surface area contributed by atoms with E-state index < -0.39 is 15.3 Å². The van der Waals surface area contributed by atoms with Gasteiger partial charge < -0.3 is 10.2 Å². The van der Waals surface area contributed by atoms with Gasteiger partial charge in [-0.05, 0) is 67.6 Å². The molecule has 1 amide bonds. The molecule has 8 nitrogen and oxygen atoms in total. The fourth-order valence-electron chi connectivity index (χ4n) is 5.96. The van der Waals surface area contributed by atoms with Crippen LogP contribution in [-0.4, -0.2) is 45.2 Å². The van der Waals surface area contributed by atoms with E-state index in [4.69, 9.17) is 10.2 Å². The molecule has 3 aliphatic rings. The fraction of sp³-hybridized carbons (Fsp3) is 0.419. The van der Waals surface area contributed by atoms with E-state index in [1.807, 2.05) is 12.1 Å². The second-order valence-corrected chi connectivity index (χ2v) is 14.9. The molecule has 2 heterocycles. The lowest BCUT2D eigenvalue weighted by Gasteiger charge is -2.31. The molecule has 1 saturated heterocycles. The van der Waals surface area contributed by atoms with Gasteiger partial charge in [0, 0.05) is 36.2 Å². The van der Waals surface area contributed by atoms with Crippen molar-refractivity contribution in [1.29, 1.82) is 10.5 Å². The van der Waals surface area contributed by atoms with E-state index in [-0.39, 0.29) is 23.6 Å². The lowest BCUT2D eigenvalue weighted by atomic mass is 9.76. The Morgan fingerprint density at radius 2 is 1.71 bits per heavy atom. The van der Waals surface area contributed by atoms with E-state index in [1.54, 1.807) is 29.7 Å². The summed E-state index contributed by atoms with van der Waals surface area (Å²) in [7, 11) is -2.46. The zero-order chi connectivity index (χ0) is 29.3. The van der Waals surface area contributed by atoms with Gasteiger partial charge in [-0.3, -0.25) is 4.79 Å². The Morgan fingerprint density at radius 3 is 2.36 bits per heavy atom. The van der Waals surface area contributed by atoms with Gasteiger partial charge in [0.25, 0.3) is 0 Å². The highest BCUT2D eigenvalue weighted by molar-refractivity contribution is 7.93. The highest BCUT2D eigenvalue weighted by atomic mass is 32.2. The van der Waals surface area contributed by atoms with Gasteiger partial charge in [0.1, 0.15) is 16.4 Å². The third-order valence-corrected chi connectivity index (χ3v) is 11.8. The Bertz CT molecular complexity index is 1680. The number of benzene rings is 2. The molecule has 3 aromatic rings. The molecular formula is C31H31FN6O2S2. The molecule has 0 radical (unpaired) electrons. The molecule has 2 saturated carbocycles. The van der Waals surface area contributed by atoms with Crippen molar-refractivity contribution >= 4 is 32.7 Å². The lowest BCUT2D eigenvalue weighted by molar-refractivity contribution is -0.127. The van der Waals surface area contributed by atoms with Crippen LogP contribution in [0.5, 0.6) is 0 Å². The van der Waals surface area contributed by atoms with Crippen molar-refractivity contribution in [2.45, 2.75) is 50.0 Å². The molecule has 2 aliphatic carbocycles. The molecule has 6 rings (SSSR count). The minimum atomic E-state index is -2.46. The summed E-state index contributed by atoms with van der Waals surface area (Å²) >= 11 is 1.54. The number of aromatic nitrogens is 1. The smallest absolute Gasteiger partial charge is 0.225 e. The third kappa shape index (κ3) is 5.77. The predicted molar refractivity (Wildman–Crippen MR) is 161 cm³/mol. The first-order valence-corrected chi connectivity index (χ1v) is 16.9. The van der Waals surface area contributed by atoms with E-state index >= 15 is 0 Å². The maximum absolute atomic E-state index is 13.7. The Hall–Kier alpha value is -3.80. The number of hydrogen-bond acceptors (Lipinski definition) is 8. The molecule has 11 heteroatoms. The quantitative estimate of drug-likeness (QED) is 0.354. The molecule has 42 heavy (non-hydrogen) atoms. The first-order chi connectivity index (χ1) is 20.3. The van der Waals surface area contributed by atoms with Crippen LogP contribution in [-0.2, 0) is 14.5 Å². The zero-order valence-electron chi connectivity index (χ0n) is 23.1. The Balaban J connectivity index is 1.32. The first-order valence-electron chi connectivity index (χ1n) is 14.3. The van der Waals surface area contributed by atoms with Crippen LogP contribution in [0.1, 0.15) is 50.1 Å². The van der Waals surface area contributed by atoms with Gasteiger partial charge in [-0.25, -0.2) is 13.6 Å². The van der Waals surface area contributed by atoms with Gasteiger partial charge in [0.15, 0.2) is 0 Å². The summed E-state index contributed by atoms with van der Waals surface area (Å²) in [4.78, 5) is 21.7. The molecule has 2 atom stereocenters. The molecular weight excluding hydrogens is 572 g/mol. The Kier molecular flexibility index (Phi) is 7.73. The van der Waals surface area contributed by atoms with Crippen molar-refractivity contribution in [3.05, 3.63) is 60.0 Å². The summed E-state index contributed by atoms with van der Waals surface area (Å²) in [6, 6.07) is 16.8. The van der Waals surface area contributed by atoms with Crippen molar-refractivity contribution in [1.82, 2.24) is 10.3 Å². The van der Waals surface area contributed by atoms with Crippen molar-refractivity contribution < 1.29 is 13.4 Å². The van der Waals surface area contributed by atoms with Crippen LogP contribution in [0.15, 0.2) is 52.9 Å². The number of carbonyl (C=O) groups is 1. The molecule has 2 aromatic carbocycles. The average molecular weight is 603 g/mol. The fourth-order valence-corrected chi connectivity index (χ4v) is 8.66.